The summed E-state index contributed by atoms with van der Waals surface area (Å²) in [6.07, 6.45) is 0.708. The van der Waals surface area contributed by atoms with Crippen LogP contribution < -0.4 is 4.74 Å². The summed E-state index contributed by atoms with van der Waals surface area (Å²) in [6.45, 7) is 2.88. The summed E-state index contributed by atoms with van der Waals surface area (Å²) in [5.74, 6) is 0.758. The van der Waals surface area contributed by atoms with Crippen LogP contribution in [0.2, 0.25) is 0 Å². The van der Waals surface area contributed by atoms with E-state index in [0.29, 0.717) is 6.42 Å². The molecule has 2 aromatic rings. The molecule has 23 heavy (non-hydrogen) atoms. The molecule has 0 bridgehead atoms. The minimum absolute atomic E-state index is 0.708. The molecule has 0 aliphatic carbocycles. The van der Waals surface area contributed by atoms with Crippen LogP contribution in [0.25, 0.3) is 0 Å². The van der Waals surface area contributed by atoms with Crippen LogP contribution in [0.4, 0.5) is 0 Å². The molecule has 3 nitrogen and oxygen atoms in total. The highest BCUT2D eigenvalue weighted by atomic mass is 16.5. The number of methoxy groups -OCH3 is 1. The van der Waals surface area contributed by atoms with E-state index >= 15 is 0 Å². The number of hydrogen-bond donors (Lipinski definition) is 0. The van der Waals surface area contributed by atoms with Crippen molar-refractivity contribution in [3.8, 4) is 11.8 Å². The molecule has 2 aromatic carbocycles. The van der Waals surface area contributed by atoms with Crippen molar-refractivity contribution in [3.63, 3.8) is 0 Å². The smallest absolute Gasteiger partial charge is 0.124 e. The van der Waals surface area contributed by atoms with Gasteiger partial charge in [-0.25, -0.2) is 0 Å². The molecule has 0 aliphatic heterocycles. The first kappa shape index (κ1) is 17.1. The Kier molecular flexibility index (Phi) is 5.41. The van der Waals surface area contributed by atoms with Crippen molar-refractivity contribution >= 4 is 0 Å². The summed E-state index contributed by atoms with van der Waals surface area (Å²) in [5, 5.41) is 10.2. The van der Waals surface area contributed by atoms with Crippen molar-refractivity contribution < 1.29 is 4.74 Å². The standard InChI is InChI=1S/C20H24N2O/c1-16-9-11-17(12-10-16)20(15-21,13-14-22(2)3)18-7-5-6-8-19(18)23-4/h5-12H,13-14H2,1-4H3. The minimum atomic E-state index is -0.718. The SMILES string of the molecule is COc1ccccc1C(C#N)(CCN(C)C)c1ccc(C)cc1. The molecule has 0 amide bonds. The summed E-state index contributed by atoms with van der Waals surface area (Å²) in [5.41, 5.74) is 2.41. The second kappa shape index (κ2) is 7.30. The maximum absolute atomic E-state index is 10.2. The van der Waals surface area contributed by atoms with Crippen LogP contribution in [0.3, 0.4) is 0 Å². The molecule has 0 N–H and O–H groups in total. The van der Waals surface area contributed by atoms with Gasteiger partial charge in [-0.2, -0.15) is 5.26 Å². The Bertz CT molecular complexity index is 686. The normalized spacial score (nSPS) is 13.4. The van der Waals surface area contributed by atoms with E-state index in [1.807, 2.05) is 38.4 Å². The van der Waals surface area contributed by atoms with E-state index in [2.05, 4.69) is 42.2 Å². The van der Waals surface area contributed by atoms with Crippen molar-refractivity contribution in [1.82, 2.24) is 4.90 Å². The zero-order valence-corrected chi connectivity index (χ0v) is 14.3. The van der Waals surface area contributed by atoms with Crippen molar-refractivity contribution in [3.05, 3.63) is 65.2 Å². The molecule has 3 heteroatoms. The second-order valence-corrected chi connectivity index (χ2v) is 6.14. The van der Waals surface area contributed by atoms with Crippen molar-refractivity contribution in [2.75, 3.05) is 27.7 Å². The fourth-order valence-electron chi connectivity index (χ4n) is 2.84. The molecule has 0 aromatic heterocycles. The van der Waals surface area contributed by atoms with Gasteiger partial charge in [-0.1, -0.05) is 48.0 Å². The first-order valence-corrected chi connectivity index (χ1v) is 7.80. The molecular weight excluding hydrogens is 284 g/mol. The van der Waals surface area contributed by atoms with Crippen LogP contribution in [-0.4, -0.2) is 32.6 Å². The number of aryl methyl sites for hydroxylation is 1. The fraction of sp³-hybridized carbons (Fsp3) is 0.350. The van der Waals surface area contributed by atoms with Gasteiger partial charge in [0.1, 0.15) is 11.2 Å². The molecule has 1 unspecified atom stereocenters. The first-order chi connectivity index (χ1) is 11.0. The van der Waals surface area contributed by atoms with E-state index in [-0.39, 0.29) is 0 Å². The van der Waals surface area contributed by atoms with Crippen LogP contribution in [-0.2, 0) is 5.41 Å². The largest absolute Gasteiger partial charge is 0.496 e. The lowest BCUT2D eigenvalue weighted by atomic mass is 9.72. The van der Waals surface area contributed by atoms with E-state index < -0.39 is 5.41 Å². The van der Waals surface area contributed by atoms with Gasteiger partial charge in [0.2, 0.25) is 0 Å². The number of ether oxygens (including phenoxy) is 1. The lowest BCUT2D eigenvalue weighted by Crippen LogP contribution is -2.31. The van der Waals surface area contributed by atoms with E-state index in [4.69, 9.17) is 4.74 Å². The van der Waals surface area contributed by atoms with E-state index in [0.717, 1.165) is 23.4 Å². The van der Waals surface area contributed by atoms with Crippen LogP contribution in [0.15, 0.2) is 48.5 Å². The summed E-state index contributed by atoms with van der Waals surface area (Å²) in [7, 11) is 5.71. The van der Waals surface area contributed by atoms with E-state index in [1.54, 1.807) is 7.11 Å². The predicted molar refractivity (Wildman–Crippen MR) is 93.7 cm³/mol. The number of nitrogens with zero attached hydrogens (tertiary/aromatic N) is 2. The number of benzene rings is 2. The highest BCUT2D eigenvalue weighted by Gasteiger charge is 2.36. The number of hydrogen-bond acceptors (Lipinski definition) is 3. The summed E-state index contributed by atoms with van der Waals surface area (Å²) >= 11 is 0. The molecule has 0 saturated heterocycles. The highest BCUT2D eigenvalue weighted by Crippen LogP contribution is 2.40. The van der Waals surface area contributed by atoms with Crippen LogP contribution in [0.5, 0.6) is 5.75 Å². The third-order valence-electron chi connectivity index (χ3n) is 4.24. The Morgan fingerprint density at radius 3 is 2.30 bits per heavy atom. The van der Waals surface area contributed by atoms with Gasteiger partial charge < -0.3 is 9.64 Å². The summed E-state index contributed by atoms with van der Waals surface area (Å²) in [6, 6.07) is 18.6. The van der Waals surface area contributed by atoms with E-state index in [1.165, 1.54) is 5.56 Å². The van der Waals surface area contributed by atoms with Crippen molar-refractivity contribution in [2.24, 2.45) is 0 Å². The van der Waals surface area contributed by atoms with Crippen LogP contribution in [0.1, 0.15) is 23.1 Å². The van der Waals surface area contributed by atoms with Gasteiger partial charge in [0.05, 0.1) is 13.2 Å². The number of nitriles is 1. The lowest BCUT2D eigenvalue weighted by Gasteiger charge is -2.30. The van der Waals surface area contributed by atoms with Crippen molar-refractivity contribution in [1.29, 1.82) is 5.26 Å². The Morgan fingerprint density at radius 1 is 1.09 bits per heavy atom. The Hall–Kier alpha value is -2.31. The zero-order valence-electron chi connectivity index (χ0n) is 14.3. The minimum Gasteiger partial charge on any atom is -0.496 e. The quantitative estimate of drug-likeness (QED) is 0.815. The van der Waals surface area contributed by atoms with E-state index in [9.17, 15) is 5.26 Å². The molecule has 0 heterocycles. The number of para-hydroxylation sites is 1. The molecule has 2 rings (SSSR count). The Labute approximate surface area is 139 Å². The first-order valence-electron chi connectivity index (χ1n) is 7.80. The van der Waals surface area contributed by atoms with Gasteiger partial charge in [-0.05, 0) is 45.6 Å². The molecule has 0 saturated carbocycles. The molecular formula is C20H24N2O. The average molecular weight is 308 g/mol. The molecule has 0 radical (unpaired) electrons. The molecule has 120 valence electrons. The van der Waals surface area contributed by atoms with Gasteiger partial charge >= 0.3 is 0 Å². The number of rotatable bonds is 6. The zero-order chi connectivity index (χ0) is 16.9. The second-order valence-electron chi connectivity index (χ2n) is 6.14. The Morgan fingerprint density at radius 2 is 1.74 bits per heavy atom. The van der Waals surface area contributed by atoms with Gasteiger partial charge in [0.15, 0.2) is 0 Å². The van der Waals surface area contributed by atoms with Gasteiger partial charge in [-0.15, -0.1) is 0 Å². The van der Waals surface area contributed by atoms with Gasteiger partial charge in [0.25, 0.3) is 0 Å². The monoisotopic (exact) mass is 308 g/mol. The Balaban J connectivity index is 2.62. The van der Waals surface area contributed by atoms with Crippen LogP contribution in [0, 0.1) is 18.3 Å². The topological polar surface area (TPSA) is 36.3 Å². The predicted octanol–water partition coefficient (Wildman–Crippen LogP) is 3.77. The van der Waals surface area contributed by atoms with Crippen molar-refractivity contribution in [2.45, 2.75) is 18.8 Å². The third kappa shape index (κ3) is 3.55. The van der Waals surface area contributed by atoms with Gasteiger partial charge in [0, 0.05) is 5.56 Å². The third-order valence-corrected chi connectivity index (χ3v) is 4.24. The maximum atomic E-state index is 10.2. The molecule has 1 atom stereocenters. The molecule has 0 fully saturated rings. The average Bonchev–Trinajstić information content (AvgIpc) is 2.57. The van der Waals surface area contributed by atoms with Crippen LogP contribution >= 0.6 is 0 Å². The fourth-order valence-corrected chi connectivity index (χ4v) is 2.84. The van der Waals surface area contributed by atoms with Gasteiger partial charge in [-0.3, -0.25) is 0 Å². The lowest BCUT2D eigenvalue weighted by molar-refractivity contribution is 0.360. The maximum Gasteiger partial charge on any atom is 0.124 e. The summed E-state index contributed by atoms with van der Waals surface area (Å²) < 4.78 is 5.54. The molecule has 0 spiro atoms. The summed E-state index contributed by atoms with van der Waals surface area (Å²) in [4.78, 5) is 2.11. The highest BCUT2D eigenvalue weighted by molar-refractivity contribution is 5.52. The molecule has 0 aliphatic rings.